The molecule has 5 nitrogen and oxygen atoms in total. The lowest BCUT2D eigenvalue weighted by atomic mass is 9.55. The van der Waals surface area contributed by atoms with E-state index in [1.165, 1.54) is 0 Å². The van der Waals surface area contributed by atoms with Crippen LogP contribution >= 0.6 is 0 Å². The molecule has 0 saturated heterocycles. The molecule has 1 amide bonds. The lowest BCUT2D eigenvalue weighted by molar-refractivity contribution is -0.198. The first-order valence-electron chi connectivity index (χ1n) is 8.78. The average Bonchev–Trinajstić information content (AvgIpc) is 2.57. The van der Waals surface area contributed by atoms with Crippen LogP contribution < -0.4 is 5.56 Å². The lowest BCUT2D eigenvalue weighted by Crippen LogP contribution is -2.68. The van der Waals surface area contributed by atoms with Gasteiger partial charge in [0.2, 0.25) is 0 Å². The van der Waals surface area contributed by atoms with Gasteiger partial charge in [0.05, 0.1) is 5.60 Å². The van der Waals surface area contributed by atoms with Gasteiger partial charge in [0.1, 0.15) is 5.56 Å². The smallest absolute Gasteiger partial charge is 0.261 e. The van der Waals surface area contributed by atoms with Crippen molar-refractivity contribution in [2.75, 3.05) is 14.2 Å². The quantitative estimate of drug-likeness (QED) is 0.925. The van der Waals surface area contributed by atoms with Crippen LogP contribution in [0.2, 0.25) is 0 Å². The number of hydrogen-bond donors (Lipinski definition) is 1. The Morgan fingerprint density at radius 1 is 1.29 bits per heavy atom. The number of aromatic amines is 1. The Bertz CT molecular complexity index is 722. The number of aromatic nitrogens is 1. The molecule has 3 rings (SSSR count). The summed E-state index contributed by atoms with van der Waals surface area (Å²) >= 11 is 0. The standard InChI is InChI=1S/C19H28N2O3/c1-18(2)15(11-19(18,3)24-5)21(4)17(23)13-10-12-8-6-7-9-14(12)20-16(13)22/h10,15H,6-9,11H2,1-5H3,(H,20,22). The molecule has 1 aromatic heterocycles. The summed E-state index contributed by atoms with van der Waals surface area (Å²) in [6.07, 6.45) is 4.83. The van der Waals surface area contributed by atoms with Crippen molar-refractivity contribution in [1.29, 1.82) is 0 Å². The Hall–Kier alpha value is -1.62. The average molecular weight is 332 g/mol. The first-order valence-corrected chi connectivity index (χ1v) is 8.78. The van der Waals surface area contributed by atoms with Crippen molar-refractivity contribution in [3.63, 3.8) is 0 Å². The zero-order valence-corrected chi connectivity index (χ0v) is 15.4. The summed E-state index contributed by atoms with van der Waals surface area (Å²) in [4.78, 5) is 30.0. The number of methoxy groups -OCH3 is 1. The zero-order valence-electron chi connectivity index (χ0n) is 15.4. The number of pyridine rings is 1. The highest BCUT2D eigenvalue weighted by molar-refractivity contribution is 5.94. The van der Waals surface area contributed by atoms with Gasteiger partial charge < -0.3 is 14.6 Å². The van der Waals surface area contributed by atoms with E-state index in [9.17, 15) is 9.59 Å². The van der Waals surface area contributed by atoms with Gasteiger partial charge in [-0.1, -0.05) is 13.8 Å². The van der Waals surface area contributed by atoms with Crippen molar-refractivity contribution >= 4 is 5.91 Å². The van der Waals surface area contributed by atoms with Crippen LogP contribution in [0.1, 0.15) is 61.6 Å². The minimum Gasteiger partial charge on any atom is -0.378 e. The number of ether oxygens (including phenoxy) is 1. The second-order valence-corrected chi connectivity index (χ2v) is 8.02. The van der Waals surface area contributed by atoms with Crippen LogP contribution in [-0.2, 0) is 17.6 Å². The van der Waals surface area contributed by atoms with Crippen LogP contribution in [0.25, 0.3) is 0 Å². The van der Waals surface area contributed by atoms with Crippen LogP contribution in [0.15, 0.2) is 10.9 Å². The Morgan fingerprint density at radius 3 is 2.58 bits per heavy atom. The molecule has 0 aromatic carbocycles. The molecule has 1 saturated carbocycles. The molecule has 1 N–H and O–H groups in total. The minimum atomic E-state index is -0.265. The van der Waals surface area contributed by atoms with Gasteiger partial charge in [0.15, 0.2) is 0 Å². The van der Waals surface area contributed by atoms with Crippen molar-refractivity contribution in [2.24, 2.45) is 5.41 Å². The summed E-state index contributed by atoms with van der Waals surface area (Å²) in [6, 6.07) is 1.87. The molecule has 1 heterocycles. The molecule has 24 heavy (non-hydrogen) atoms. The Kier molecular flexibility index (Phi) is 4.11. The molecule has 0 aliphatic heterocycles. The summed E-state index contributed by atoms with van der Waals surface area (Å²) in [5.74, 6) is -0.194. The van der Waals surface area contributed by atoms with Crippen LogP contribution in [0, 0.1) is 5.41 Å². The number of nitrogens with one attached hydrogen (secondary N) is 1. The van der Waals surface area contributed by atoms with Crippen molar-refractivity contribution in [1.82, 2.24) is 9.88 Å². The highest BCUT2D eigenvalue weighted by atomic mass is 16.5. The number of carbonyl (C=O) groups is 1. The highest BCUT2D eigenvalue weighted by Gasteiger charge is 2.59. The summed E-state index contributed by atoms with van der Waals surface area (Å²) in [5.41, 5.74) is 1.72. The highest BCUT2D eigenvalue weighted by Crippen LogP contribution is 2.53. The van der Waals surface area contributed by atoms with Gasteiger partial charge in [-0.05, 0) is 50.7 Å². The van der Waals surface area contributed by atoms with Gasteiger partial charge in [0, 0.05) is 31.3 Å². The number of H-pyrrole nitrogens is 1. The van der Waals surface area contributed by atoms with Crippen molar-refractivity contribution < 1.29 is 9.53 Å². The Morgan fingerprint density at radius 2 is 1.96 bits per heavy atom. The topological polar surface area (TPSA) is 62.4 Å². The normalized spacial score (nSPS) is 28.0. The second kappa shape index (κ2) is 5.73. The third-order valence-electron chi connectivity index (χ3n) is 6.59. The second-order valence-electron chi connectivity index (χ2n) is 8.02. The predicted molar refractivity (Wildman–Crippen MR) is 93.4 cm³/mol. The molecular weight excluding hydrogens is 304 g/mol. The van der Waals surface area contributed by atoms with Crippen molar-refractivity contribution in [3.8, 4) is 0 Å². The van der Waals surface area contributed by atoms with E-state index in [0.717, 1.165) is 43.4 Å². The molecule has 2 aliphatic rings. The zero-order chi connectivity index (χ0) is 17.7. The maximum atomic E-state index is 12.9. The molecule has 1 fully saturated rings. The predicted octanol–water partition coefficient (Wildman–Crippen LogP) is 2.53. The summed E-state index contributed by atoms with van der Waals surface area (Å²) in [5, 5.41) is 0. The molecule has 132 valence electrons. The minimum absolute atomic E-state index is 0.0605. The van der Waals surface area contributed by atoms with Gasteiger partial charge in [-0.2, -0.15) is 0 Å². The molecule has 1 aromatic rings. The SMILES string of the molecule is COC1(C)CC(N(C)C(=O)c2cc3c([nH]c2=O)CCCC3)C1(C)C. The van der Waals surface area contributed by atoms with E-state index in [-0.39, 0.29) is 34.1 Å². The monoisotopic (exact) mass is 332 g/mol. The number of hydrogen-bond acceptors (Lipinski definition) is 3. The van der Waals surface area contributed by atoms with E-state index in [1.807, 2.05) is 6.07 Å². The molecule has 0 radical (unpaired) electrons. The number of rotatable bonds is 3. The first kappa shape index (κ1) is 17.2. The first-order chi connectivity index (χ1) is 11.2. The number of aryl methyl sites for hydroxylation is 2. The van der Waals surface area contributed by atoms with E-state index in [1.54, 1.807) is 19.1 Å². The molecular formula is C19H28N2O3. The van der Waals surface area contributed by atoms with E-state index < -0.39 is 0 Å². The van der Waals surface area contributed by atoms with Gasteiger partial charge in [-0.25, -0.2) is 0 Å². The Balaban J connectivity index is 1.86. The molecule has 2 aliphatic carbocycles. The van der Waals surface area contributed by atoms with Crippen LogP contribution in [-0.4, -0.2) is 41.6 Å². The number of nitrogens with zero attached hydrogens (tertiary/aromatic N) is 1. The van der Waals surface area contributed by atoms with E-state index >= 15 is 0 Å². The number of carbonyl (C=O) groups excluding carboxylic acids is 1. The fourth-order valence-corrected chi connectivity index (χ4v) is 4.24. The summed E-state index contributed by atoms with van der Waals surface area (Å²) in [7, 11) is 3.51. The van der Waals surface area contributed by atoms with Gasteiger partial charge in [-0.15, -0.1) is 0 Å². The van der Waals surface area contributed by atoms with E-state index in [2.05, 4.69) is 25.8 Å². The third kappa shape index (κ3) is 2.41. The third-order valence-corrected chi connectivity index (χ3v) is 6.59. The summed E-state index contributed by atoms with van der Waals surface area (Å²) in [6.45, 7) is 6.31. The molecule has 5 heteroatoms. The summed E-state index contributed by atoms with van der Waals surface area (Å²) < 4.78 is 5.65. The van der Waals surface area contributed by atoms with Gasteiger partial charge in [-0.3, -0.25) is 9.59 Å². The maximum absolute atomic E-state index is 12.9. The number of fused-ring (bicyclic) bond motifs is 1. The van der Waals surface area contributed by atoms with Crippen molar-refractivity contribution in [3.05, 3.63) is 33.2 Å². The van der Waals surface area contributed by atoms with E-state index in [4.69, 9.17) is 4.74 Å². The van der Waals surface area contributed by atoms with Gasteiger partial charge in [0.25, 0.3) is 11.5 Å². The van der Waals surface area contributed by atoms with Crippen molar-refractivity contribution in [2.45, 2.75) is 64.5 Å². The fraction of sp³-hybridized carbons (Fsp3) is 0.684. The van der Waals surface area contributed by atoms with Crippen LogP contribution in [0.3, 0.4) is 0 Å². The lowest BCUT2D eigenvalue weighted by Gasteiger charge is -2.61. The maximum Gasteiger partial charge on any atom is 0.261 e. The number of amides is 1. The molecule has 2 unspecified atom stereocenters. The molecule has 0 bridgehead atoms. The molecule has 2 atom stereocenters. The Labute approximate surface area is 143 Å². The van der Waals surface area contributed by atoms with Gasteiger partial charge >= 0.3 is 0 Å². The molecule has 0 spiro atoms. The fourth-order valence-electron chi connectivity index (χ4n) is 4.24. The van der Waals surface area contributed by atoms with Crippen LogP contribution in [0.4, 0.5) is 0 Å². The van der Waals surface area contributed by atoms with Crippen LogP contribution in [0.5, 0.6) is 0 Å². The largest absolute Gasteiger partial charge is 0.378 e. The van der Waals surface area contributed by atoms with E-state index in [0.29, 0.717) is 0 Å².